The van der Waals surface area contributed by atoms with Crippen molar-refractivity contribution in [2.45, 2.75) is 62.4 Å². The van der Waals surface area contributed by atoms with Crippen molar-refractivity contribution in [2.24, 2.45) is 0 Å². The molecule has 0 amide bonds. The fourth-order valence-electron chi connectivity index (χ4n) is 1.90. The van der Waals surface area contributed by atoms with Gasteiger partial charge in [0.15, 0.2) is 6.61 Å². The van der Waals surface area contributed by atoms with E-state index < -0.39 is 55.3 Å². The molecular weight excluding hydrogens is 420 g/mol. The molecule has 4 nitrogen and oxygen atoms in total. The van der Waals surface area contributed by atoms with E-state index in [9.17, 15) is 44.7 Å². The second kappa shape index (κ2) is 11.1. The number of alkyl halides is 8. The first-order valence-corrected chi connectivity index (χ1v) is 8.21. The summed E-state index contributed by atoms with van der Waals surface area (Å²) in [5.74, 6) is -20.8. The average Bonchev–Trinajstić information content (AvgIpc) is 2.60. The second-order valence-corrected chi connectivity index (χ2v) is 5.88. The third-order valence-electron chi connectivity index (χ3n) is 3.49. The van der Waals surface area contributed by atoms with E-state index in [1.807, 2.05) is 0 Å². The molecule has 0 rings (SSSR count). The highest BCUT2D eigenvalue weighted by molar-refractivity contribution is 5.72. The van der Waals surface area contributed by atoms with Crippen LogP contribution in [0.2, 0.25) is 0 Å². The number of hydrogen-bond acceptors (Lipinski definition) is 4. The number of ether oxygens (including phenoxy) is 2. The molecule has 0 saturated carbocycles. The van der Waals surface area contributed by atoms with E-state index >= 15 is 0 Å². The molecule has 0 aromatic rings. The van der Waals surface area contributed by atoms with Gasteiger partial charge in [-0.2, -0.15) is 26.3 Å². The molecule has 12 heteroatoms. The summed E-state index contributed by atoms with van der Waals surface area (Å²) in [6, 6.07) is 0. The smallest absolute Gasteiger partial charge is 0.381 e. The molecule has 0 bridgehead atoms. The Balaban J connectivity index is 4.54. The van der Waals surface area contributed by atoms with Gasteiger partial charge in [-0.25, -0.2) is 8.78 Å². The normalized spacial score (nSPS) is 12.8. The van der Waals surface area contributed by atoms with Crippen molar-refractivity contribution in [3.63, 3.8) is 0 Å². The zero-order valence-corrected chi connectivity index (χ0v) is 15.1. The predicted molar refractivity (Wildman–Crippen MR) is 85.2 cm³/mol. The van der Waals surface area contributed by atoms with Gasteiger partial charge in [-0.3, -0.25) is 9.59 Å². The topological polar surface area (TPSA) is 52.6 Å². The van der Waals surface area contributed by atoms with Crippen LogP contribution >= 0.6 is 0 Å². The molecule has 0 aliphatic rings. The molecule has 0 atom stereocenters. The second-order valence-electron chi connectivity index (χ2n) is 5.88. The maximum Gasteiger partial charge on any atom is 0.381 e. The van der Waals surface area contributed by atoms with Crippen molar-refractivity contribution in [3.05, 3.63) is 25.3 Å². The van der Waals surface area contributed by atoms with Crippen LogP contribution in [0.5, 0.6) is 0 Å². The third kappa shape index (κ3) is 7.65. The summed E-state index contributed by atoms with van der Waals surface area (Å²) in [6.45, 7) is 4.40. The standard InChI is InChI=1S/C17H20F8O4/c1-3-6-11(7-4-2)29-13(27)9-5-8-12(26)28-10-15(20,21)17(24,25)16(22,23)14(18)19/h3-4,11,14H,1-2,5-10H2. The minimum absolute atomic E-state index is 0.276. The molecule has 0 N–H and O–H groups in total. The maximum atomic E-state index is 13.2. The van der Waals surface area contributed by atoms with Crippen molar-refractivity contribution in [1.29, 1.82) is 0 Å². The summed E-state index contributed by atoms with van der Waals surface area (Å²) >= 11 is 0. The van der Waals surface area contributed by atoms with E-state index in [0.717, 1.165) is 0 Å². The van der Waals surface area contributed by atoms with Gasteiger partial charge in [-0.1, -0.05) is 12.2 Å². The Kier molecular flexibility index (Phi) is 10.3. The van der Waals surface area contributed by atoms with Gasteiger partial charge in [-0.15, -0.1) is 13.2 Å². The molecule has 0 heterocycles. The maximum absolute atomic E-state index is 13.2. The molecule has 0 spiro atoms. The lowest BCUT2D eigenvalue weighted by molar-refractivity contribution is -0.344. The number of rotatable bonds is 14. The summed E-state index contributed by atoms with van der Waals surface area (Å²) in [5, 5.41) is 0. The third-order valence-corrected chi connectivity index (χ3v) is 3.49. The van der Waals surface area contributed by atoms with Gasteiger partial charge in [0.25, 0.3) is 0 Å². The number of halogens is 8. The highest BCUT2D eigenvalue weighted by atomic mass is 19.4. The van der Waals surface area contributed by atoms with Gasteiger partial charge in [-0.05, 0) is 6.42 Å². The molecule has 0 aromatic heterocycles. The summed E-state index contributed by atoms with van der Waals surface area (Å²) in [7, 11) is 0. The van der Waals surface area contributed by atoms with Crippen molar-refractivity contribution in [3.8, 4) is 0 Å². The van der Waals surface area contributed by atoms with Gasteiger partial charge in [0.1, 0.15) is 6.10 Å². The number of carbonyl (C=O) groups is 2. The van der Waals surface area contributed by atoms with Crippen LogP contribution in [0, 0.1) is 0 Å². The highest BCUT2D eigenvalue weighted by Gasteiger charge is 2.75. The summed E-state index contributed by atoms with van der Waals surface area (Å²) < 4.78 is 111. The Hall–Kier alpha value is -2.14. The van der Waals surface area contributed by atoms with Gasteiger partial charge < -0.3 is 9.47 Å². The fourth-order valence-corrected chi connectivity index (χ4v) is 1.90. The van der Waals surface area contributed by atoms with Gasteiger partial charge in [0.2, 0.25) is 0 Å². The van der Waals surface area contributed by atoms with Gasteiger partial charge >= 0.3 is 36.1 Å². The van der Waals surface area contributed by atoms with E-state index in [0.29, 0.717) is 12.8 Å². The summed E-state index contributed by atoms with van der Waals surface area (Å²) in [5.41, 5.74) is 0. The molecule has 0 aliphatic carbocycles. The van der Waals surface area contributed by atoms with E-state index in [1.165, 1.54) is 12.2 Å². The largest absolute Gasteiger partial charge is 0.462 e. The minimum Gasteiger partial charge on any atom is -0.462 e. The van der Waals surface area contributed by atoms with Crippen LogP contribution in [-0.4, -0.2) is 48.8 Å². The van der Waals surface area contributed by atoms with Gasteiger partial charge in [0, 0.05) is 25.7 Å². The molecule has 168 valence electrons. The van der Waals surface area contributed by atoms with Crippen LogP contribution in [-0.2, 0) is 19.1 Å². The zero-order chi connectivity index (χ0) is 22.9. The average molecular weight is 440 g/mol. The molecule has 0 saturated heterocycles. The van der Waals surface area contributed by atoms with Crippen LogP contribution in [0.4, 0.5) is 35.1 Å². The van der Waals surface area contributed by atoms with Crippen LogP contribution in [0.1, 0.15) is 32.1 Å². The Morgan fingerprint density at radius 1 is 0.897 bits per heavy atom. The van der Waals surface area contributed by atoms with Crippen LogP contribution < -0.4 is 0 Å². The monoisotopic (exact) mass is 440 g/mol. The van der Waals surface area contributed by atoms with Crippen LogP contribution in [0.3, 0.4) is 0 Å². The Morgan fingerprint density at radius 2 is 1.38 bits per heavy atom. The fraction of sp³-hybridized carbons (Fsp3) is 0.647. The first kappa shape index (κ1) is 26.9. The summed E-state index contributed by atoms with van der Waals surface area (Å²) in [6.07, 6.45) is -3.29. The Bertz CT molecular complexity index is 568. The van der Waals surface area contributed by atoms with E-state index in [4.69, 9.17) is 4.74 Å². The van der Waals surface area contributed by atoms with E-state index in [1.54, 1.807) is 0 Å². The number of esters is 2. The van der Waals surface area contributed by atoms with Crippen molar-refractivity contribution in [1.82, 2.24) is 0 Å². The Morgan fingerprint density at radius 3 is 1.83 bits per heavy atom. The van der Waals surface area contributed by atoms with Crippen molar-refractivity contribution >= 4 is 11.9 Å². The van der Waals surface area contributed by atoms with E-state index in [2.05, 4.69) is 17.9 Å². The van der Waals surface area contributed by atoms with Crippen LogP contribution in [0.25, 0.3) is 0 Å². The molecule has 0 fully saturated rings. The van der Waals surface area contributed by atoms with Crippen LogP contribution in [0.15, 0.2) is 25.3 Å². The quantitative estimate of drug-likeness (QED) is 0.218. The lowest BCUT2D eigenvalue weighted by Gasteiger charge is -2.31. The van der Waals surface area contributed by atoms with Crippen molar-refractivity contribution in [2.75, 3.05) is 6.61 Å². The minimum atomic E-state index is -6.45. The SMILES string of the molecule is C=CCC(CC=C)OC(=O)CCCC(=O)OCC(F)(F)C(F)(F)C(F)(F)C(F)F. The lowest BCUT2D eigenvalue weighted by Crippen LogP contribution is -2.59. The molecule has 0 aromatic carbocycles. The number of carbonyl (C=O) groups excluding carboxylic acids is 2. The molecule has 0 unspecified atom stereocenters. The zero-order valence-electron chi connectivity index (χ0n) is 15.1. The predicted octanol–water partition coefficient (Wildman–Crippen LogP) is 4.93. The Labute approximate surface area is 161 Å². The molecule has 0 aliphatic heterocycles. The van der Waals surface area contributed by atoms with E-state index in [-0.39, 0.29) is 12.8 Å². The molecule has 29 heavy (non-hydrogen) atoms. The highest BCUT2D eigenvalue weighted by Crippen LogP contribution is 2.48. The first-order valence-electron chi connectivity index (χ1n) is 8.21. The summed E-state index contributed by atoms with van der Waals surface area (Å²) in [4.78, 5) is 22.9. The first-order chi connectivity index (χ1) is 13.2. The lowest BCUT2D eigenvalue weighted by atomic mass is 10.1. The van der Waals surface area contributed by atoms with Crippen molar-refractivity contribution < 1.29 is 54.2 Å². The molecular formula is C17H20F8O4. The number of hydrogen-bond donors (Lipinski definition) is 0. The van der Waals surface area contributed by atoms with Gasteiger partial charge in [0.05, 0.1) is 0 Å². The molecule has 0 radical (unpaired) electrons.